The van der Waals surface area contributed by atoms with Crippen LogP contribution in [0.3, 0.4) is 0 Å². The first-order chi connectivity index (χ1) is 6.77. The number of halogens is 4. The number of diazo groups is 1. The Morgan fingerprint density at radius 2 is 1.93 bits per heavy atom. The molecule has 0 aliphatic carbocycles. The molecule has 9 heteroatoms. The third-order valence-electron chi connectivity index (χ3n) is 1.33. The number of aryl methyl sites for hydroxylation is 2. The van der Waals surface area contributed by atoms with Crippen molar-refractivity contribution in [3.63, 3.8) is 0 Å². The monoisotopic (exact) mass is 224 g/mol. The van der Waals surface area contributed by atoms with Gasteiger partial charge in [0.1, 0.15) is 6.20 Å². The summed E-state index contributed by atoms with van der Waals surface area (Å²) in [6, 6.07) is 0. The van der Waals surface area contributed by atoms with Crippen LogP contribution in [0.4, 0.5) is 23.0 Å². The third-order valence-corrected chi connectivity index (χ3v) is 1.33. The van der Waals surface area contributed by atoms with Gasteiger partial charge < -0.3 is 17.3 Å². The van der Waals surface area contributed by atoms with E-state index in [0.717, 1.165) is 12.1 Å². The van der Waals surface area contributed by atoms with Gasteiger partial charge in [-0.2, -0.15) is 5.10 Å². The summed E-state index contributed by atoms with van der Waals surface area (Å²) in [6.07, 6.45) is 2.47. The number of nitrogens with zero attached hydrogens (tertiary/aromatic N) is 4. The Balaban J connectivity index is 0.000000336. The molecule has 0 amide bonds. The predicted molar refractivity (Wildman–Crippen MR) is 47.5 cm³/mol. The van der Waals surface area contributed by atoms with Gasteiger partial charge in [-0.25, -0.2) is 0 Å². The second kappa shape index (κ2) is 5.33. The highest BCUT2D eigenvalue weighted by molar-refractivity contribution is 6.50. The van der Waals surface area contributed by atoms with Crippen molar-refractivity contribution >= 4 is 12.9 Å². The lowest BCUT2D eigenvalue weighted by atomic mass is 10.3. The van der Waals surface area contributed by atoms with Crippen LogP contribution in [0.2, 0.25) is 0 Å². The van der Waals surface area contributed by atoms with E-state index >= 15 is 0 Å². The molecule has 0 spiro atoms. The Morgan fingerprint density at radius 3 is 2.20 bits per heavy atom. The molecule has 0 bridgehead atoms. The van der Waals surface area contributed by atoms with E-state index in [0.29, 0.717) is 5.69 Å². The fourth-order valence-electron chi connectivity index (χ4n) is 0.857. The number of hydrogen-bond acceptors (Lipinski definition) is 2. The molecular weight excluding hydrogens is 215 g/mol. The molecule has 0 radical (unpaired) electrons. The standard InChI is InChI=1S/C6H9N4.BF4/c1-3-5-6(8-7)4-10(2)9-5;2-1(3,4)5/h4H,3H2,1-2H3;/q+1;-1. The second-order valence-corrected chi connectivity index (χ2v) is 2.58. The normalized spacial score (nSPS) is 10.2. The van der Waals surface area contributed by atoms with Gasteiger partial charge in [0, 0.05) is 7.05 Å². The zero-order chi connectivity index (χ0) is 12.1. The summed E-state index contributed by atoms with van der Waals surface area (Å²) in [7, 11) is -4.20. The minimum atomic E-state index is -6.00. The molecule has 0 N–H and O–H groups in total. The van der Waals surface area contributed by atoms with Gasteiger partial charge in [-0.1, -0.05) is 6.92 Å². The van der Waals surface area contributed by atoms with Crippen molar-refractivity contribution in [3.05, 3.63) is 16.9 Å². The molecule has 15 heavy (non-hydrogen) atoms. The average Bonchev–Trinajstić information content (AvgIpc) is 2.43. The molecule has 0 atom stereocenters. The van der Waals surface area contributed by atoms with Gasteiger partial charge in [-0.05, 0) is 6.42 Å². The maximum absolute atomic E-state index is 9.75. The fraction of sp³-hybridized carbons (Fsp3) is 0.500. The van der Waals surface area contributed by atoms with Gasteiger partial charge in [0.05, 0.1) is 0 Å². The van der Waals surface area contributed by atoms with E-state index in [4.69, 9.17) is 5.39 Å². The molecule has 84 valence electrons. The van der Waals surface area contributed by atoms with E-state index in [-0.39, 0.29) is 0 Å². The van der Waals surface area contributed by atoms with Crippen LogP contribution in [0.5, 0.6) is 0 Å². The minimum Gasteiger partial charge on any atom is -0.418 e. The Hall–Kier alpha value is -1.59. The molecular formula is C6H9BF4N4. The molecule has 0 aliphatic rings. The first kappa shape index (κ1) is 13.4. The number of rotatable bonds is 1. The van der Waals surface area contributed by atoms with E-state index in [2.05, 4.69) is 10.1 Å². The van der Waals surface area contributed by atoms with Crippen LogP contribution in [-0.2, 0) is 13.5 Å². The first-order valence-electron chi connectivity index (χ1n) is 4.02. The second-order valence-electron chi connectivity index (χ2n) is 2.58. The SMILES string of the molecule is CCc1nn(C)cc1[N+]#N.F[B-](F)(F)F. The van der Waals surface area contributed by atoms with E-state index in [9.17, 15) is 17.3 Å². The van der Waals surface area contributed by atoms with Crippen LogP contribution < -0.4 is 0 Å². The molecule has 0 aliphatic heterocycles. The van der Waals surface area contributed by atoms with Gasteiger partial charge in [0.25, 0.3) is 0 Å². The lowest BCUT2D eigenvalue weighted by molar-refractivity contribution is 0.368. The van der Waals surface area contributed by atoms with Crippen LogP contribution in [0.1, 0.15) is 12.6 Å². The van der Waals surface area contributed by atoms with Gasteiger partial charge >= 0.3 is 12.9 Å². The maximum atomic E-state index is 9.75. The highest BCUT2D eigenvalue weighted by Gasteiger charge is 2.20. The quantitative estimate of drug-likeness (QED) is 0.418. The van der Waals surface area contributed by atoms with Crippen molar-refractivity contribution < 1.29 is 17.3 Å². The van der Waals surface area contributed by atoms with Gasteiger partial charge in [0.15, 0.2) is 10.7 Å². The van der Waals surface area contributed by atoms with Gasteiger partial charge in [-0.15, -0.1) is 0 Å². The van der Waals surface area contributed by atoms with Crippen LogP contribution in [0, 0.1) is 5.39 Å². The van der Waals surface area contributed by atoms with Crippen LogP contribution >= 0.6 is 0 Å². The van der Waals surface area contributed by atoms with Crippen LogP contribution in [0.15, 0.2) is 6.20 Å². The Morgan fingerprint density at radius 1 is 1.47 bits per heavy atom. The minimum absolute atomic E-state index is 0.560. The summed E-state index contributed by atoms with van der Waals surface area (Å²) in [5.41, 5.74) is 1.38. The smallest absolute Gasteiger partial charge is 0.418 e. The topological polar surface area (TPSA) is 46.0 Å². The summed E-state index contributed by atoms with van der Waals surface area (Å²) in [4.78, 5) is 3.08. The van der Waals surface area contributed by atoms with Crippen molar-refractivity contribution in [2.24, 2.45) is 7.05 Å². The summed E-state index contributed by atoms with van der Waals surface area (Å²) in [5, 5.41) is 12.5. The van der Waals surface area contributed by atoms with Crippen molar-refractivity contribution in [3.8, 4) is 0 Å². The van der Waals surface area contributed by atoms with Crippen LogP contribution in [-0.4, -0.2) is 17.0 Å². The Labute approximate surface area is 83.6 Å². The van der Waals surface area contributed by atoms with E-state index in [1.165, 1.54) is 0 Å². The molecule has 0 fully saturated rings. The predicted octanol–water partition coefficient (Wildman–Crippen LogP) is 2.77. The highest BCUT2D eigenvalue weighted by Crippen LogP contribution is 2.16. The van der Waals surface area contributed by atoms with Crippen LogP contribution in [0.25, 0.3) is 4.98 Å². The molecule has 4 nitrogen and oxygen atoms in total. The summed E-state index contributed by atoms with van der Waals surface area (Å²) in [6.45, 7) is 1.97. The zero-order valence-corrected chi connectivity index (χ0v) is 8.16. The van der Waals surface area contributed by atoms with Crippen molar-refractivity contribution in [2.75, 3.05) is 0 Å². The Kier molecular flexibility index (Phi) is 4.77. The molecule has 1 rings (SSSR count). The largest absolute Gasteiger partial charge is 0.673 e. The van der Waals surface area contributed by atoms with E-state index in [1.807, 2.05) is 6.92 Å². The number of hydrogen-bond donors (Lipinski definition) is 0. The lowest BCUT2D eigenvalue weighted by Crippen LogP contribution is -2.02. The molecule has 1 aromatic rings. The highest BCUT2D eigenvalue weighted by atomic mass is 19.5. The first-order valence-corrected chi connectivity index (χ1v) is 4.02. The number of aromatic nitrogens is 2. The molecule has 0 saturated carbocycles. The zero-order valence-electron chi connectivity index (χ0n) is 8.16. The van der Waals surface area contributed by atoms with Gasteiger partial charge in [-0.3, -0.25) is 4.68 Å². The molecule has 0 aromatic carbocycles. The average molecular weight is 224 g/mol. The third kappa shape index (κ3) is 6.48. The van der Waals surface area contributed by atoms with Crippen molar-refractivity contribution in [2.45, 2.75) is 13.3 Å². The van der Waals surface area contributed by atoms with Gasteiger partial charge in [0.2, 0.25) is 5.39 Å². The van der Waals surface area contributed by atoms with Crippen molar-refractivity contribution in [1.29, 1.82) is 5.39 Å². The molecule has 1 heterocycles. The van der Waals surface area contributed by atoms with E-state index in [1.54, 1.807) is 17.9 Å². The molecule has 1 aromatic heterocycles. The lowest BCUT2D eigenvalue weighted by Gasteiger charge is -1.94. The summed E-state index contributed by atoms with van der Waals surface area (Å²) in [5.74, 6) is 0. The maximum Gasteiger partial charge on any atom is 0.673 e. The van der Waals surface area contributed by atoms with E-state index < -0.39 is 7.25 Å². The molecule has 0 saturated heterocycles. The fourth-order valence-corrected chi connectivity index (χ4v) is 0.857. The molecule has 0 unspecified atom stereocenters. The summed E-state index contributed by atoms with van der Waals surface area (Å²) < 4.78 is 40.6. The summed E-state index contributed by atoms with van der Waals surface area (Å²) >= 11 is 0. The Bertz CT molecular complexity index is 347. The van der Waals surface area contributed by atoms with Crippen molar-refractivity contribution in [1.82, 2.24) is 9.78 Å².